The third kappa shape index (κ3) is 2.47. The molecule has 0 aliphatic heterocycles. The van der Waals surface area contributed by atoms with Crippen LogP contribution in [0.1, 0.15) is 29.6 Å². The van der Waals surface area contributed by atoms with Gasteiger partial charge in [-0.3, -0.25) is 4.79 Å². The number of hydrogen-bond donors (Lipinski definition) is 1. The van der Waals surface area contributed by atoms with Crippen molar-refractivity contribution in [2.45, 2.75) is 25.3 Å². The Kier molecular flexibility index (Phi) is 3.74. The van der Waals surface area contributed by atoms with Crippen LogP contribution in [0.5, 0.6) is 0 Å². The van der Waals surface area contributed by atoms with E-state index in [0.29, 0.717) is 13.1 Å². The third-order valence-electron chi connectivity index (χ3n) is 3.25. The summed E-state index contributed by atoms with van der Waals surface area (Å²) in [4.78, 5) is 13.9. The molecule has 1 aliphatic rings. The highest BCUT2D eigenvalue weighted by molar-refractivity contribution is 5.94. The van der Waals surface area contributed by atoms with Gasteiger partial charge in [-0.1, -0.05) is 12.1 Å². The minimum Gasteiger partial charge on any atom is -0.334 e. The minimum atomic E-state index is -0.459. The molecule has 0 saturated heterocycles. The van der Waals surface area contributed by atoms with Crippen LogP contribution >= 0.6 is 0 Å². The van der Waals surface area contributed by atoms with Crippen LogP contribution in [0, 0.1) is 5.82 Å². The van der Waals surface area contributed by atoms with Crippen LogP contribution in [0.15, 0.2) is 24.3 Å². The smallest absolute Gasteiger partial charge is 0.257 e. The van der Waals surface area contributed by atoms with Crippen LogP contribution in [-0.2, 0) is 0 Å². The number of rotatable bonds is 4. The van der Waals surface area contributed by atoms with Gasteiger partial charge in [-0.2, -0.15) is 0 Å². The first-order valence-corrected chi connectivity index (χ1v) is 5.99. The van der Waals surface area contributed by atoms with Crippen molar-refractivity contribution in [2.24, 2.45) is 5.73 Å². The first kappa shape index (κ1) is 12.0. The summed E-state index contributed by atoms with van der Waals surface area (Å²) in [5.74, 6) is -0.697. The van der Waals surface area contributed by atoms with E-state index in [4.69, 9.17) is 5.73 Å². The van der Waals surface area contributed by atoms with E-state index in [1.807, 2.05) is 0 Å². The topological polar surface area (TPSA) is 46.3 Å². The van der Waals surface area contributed by atoms with Gasteiger partial charge in [0.15, 0.2) is 0 Å². The van der Waals surface area contributed by atoms with Crippen LogP contribution in [0.25, 0.3) is 0 Å². The second kappa shape index (κ2) is 5.27. The normalized spacial score (nSPS) is 15.4. The van der Waals surface area contributed by atoms with Crippen LogP contribution in [0.2, 0.25) is 0 Å². The van der Waals surface area contributed by atoms with Gasteiger partial charge in [0, 0.05) is 19.1 Å². The molecule has 1 fully saturated rings. The molecule has 17 heavy (non-hydrogen) atoms. The van der Waals surface area contributed by atoms with E-state index in [2.05, 4.69) is 0 Å². The van der Waals surface area contributed by atoms with Gasteiger partial charge in [-0.15, -0.1) is 0 Å². The van der Waals surface area contributed by atoms with Gasteiger partial charge in [0.1, 0.15) is 5.82 Å². The molecular formula is C13H17FN2O. The van der Waals surface area contributed by atoms with E-state index in [-0.39, 0.29) is 17.5 Å². The maximum atomic E-state index is 13.5. The van der Waals surface area contributed by atoms with Gasteiger partial charge < -0.3 is 10.6 Å². The number of hydrogen-bond acceptors (Lipinski definition) is 2. The zero-order valence-corrected chi connectivity index (χ0v) is 9.73. The largest absolute Gasteiger partial charge is 0.334 e. The predicted molar refractivity (Wildman–Crippen MR) is 64.1 cm³/mol. The molecule has 0 radical (unpaired) electrons. The Hall–Kier alpha value is -1.42. The van der Waals surface area contributed by atoms with Gasteiger partial charge in [0.2, 0.25) is 0 Å². The monoisotopic (exact) mass is 236 g/mol. The molecule has 0 heterocycles. The van der Waals surface area contributed by atoms with Crippen LogP contribution in [0.3, 0.4) is 0 Å². The third-order valence-corrected chi connectivity index (χ3v) is 3.25. The molecule has 92 valence electrons. The van der Waals surface area contributed by atoms with Gasteiger partial charge in [-0.25, -0.2) is 4.39 Å². The van der Waals surface area contributed by atoms with E-state index in [0.717, 1.165) is 19.3 Å². The fourth-order valence-corrected chi connectivity index (χ4v) is 2.08. The van der Waals surface area contributed by atoms with Crippen LogP contribution < -0.4 is 5.73 Å². The predicted octanol–water partition coefficient (Wildman–Crippen LogP) is 1.78. The molecule has 0 atom stereocenters. The Labute approximate surface area is 100 Å². The number of amides is 1. The lowest BCUT2D eigenvalue weighted by Gasteiger charge is -2.37. The maximum Gasteiger partial charge on any atom is 0.257 e. The summed E-state index contributed by atoms with van der Waals surface area (Å²) >= 11 is 0. The Balaban J connectivity index is 2.18. The van der Waals surface area contributed by atoms with Crippen molar-refractivity contribution in [3.63, 3.8) is 0 Å². The number of carbonyl (C=O) groups excluding carboxylic acids is 1. The molecule has 0 unspecified atom stereocenters. The molecule has 1 saturated carbocycles. The second-order valence-corrected chi connectivity index (χ2v) is 4.35. The number of nitrogens with two attached hydrogens (primary N) is 1. The zero-order chi connectivity index (χ0) is 12.3. The van der Waals surface area contributed by atoms with E-state index in [1.54, 1.807) is 17.0 Å². The lowest BCUT2D eigenvalue weighted by Crippen LogP contribution is -2.46. The molecule has 0 spiro atoms. The van der Waals surface area contributed by atoms with Crippen molar-refractivity contribution in [3.8, 4) is 0 Å². The summed E-state index contributed by atoms with van der Waals surface area (Å²) < 4.78 is 13.5. The highest BCUT2D eigenvalue weighted by atomic mass is 19.1. The maximum absolute atomic E-state index is 13.5. The Morgan fingerprint density at radius 2 is 2.12 bits per heavy atom. The summed E-state index contributed by atoms with van der Waals surface area (Å²) in [6.07, 6.45) is 3.14. The summed E-state index contributed by atoms with van der Waals surface area (Å²) in [7, 11) is 0. The van der Waals surface area contributed by atoms with E-state index >= 15 is 0 Å². The zero-order valence-electron chi connectivity index (χ0n) is 9.73. The number of benzene rings is 1. The fraction of sp³-hybridized carbons (Fsp3) is 0.462. The lowest BCUT2D eigenvalue weighted by atomic mass is 9.91. The Bertz CT molecular complexity index is 404. The highest BCUT2D eigenvalue weighted by Crippen LogP contribution is 2.26. The van der Waals surface area contributed by atoms with Gasteiger partial charge in [0.25, 0.3) is 5.91 Å². The SMILES string of the molecule is NCCN(C(=O)c1ccccc1F)C1CCC1. The first-order valence-electron chi connectivity index (χ1n) is 5.99. The van der Waals surface area contributed by atoms with E-state index in [9.17, 15) is 9.18 Å². The lowest BCUT2D eigenvalue weighted by molar-refractivity contribution is 0.0584. The average molecular weight is 236 g/mol. The van der Waals surface area contributed by atoms with Crippen molar-refractivity contribution < 1.29 is 9.18 Å². The van der Waals surface area contributed by atoms with Crippen LogP contribution in [0.4, 0.5) is 4.39 Å². The summed E-state index contributed by atoms with van der Waals surface area (Å²) in [6.45, 7) is 0.911. The molecular weight excluding hydrogens is 219 g/mol. The fourth-order valence-electron chi connectivity index (χ4n) is 2.08. The molecule has 3 nitrogen and oxygen atoms in total. The molecule has 2 N–H and O–H groups in total. The number of nitrogens with zero attached hydrogens (tertiary/aromatic N) is 1. The Morgan fingerprint density at radius 3 is 2.65 bits per heavy atom. The summed E-state index contributed by atoms with van der Waals surface area (Å²) in [6, 6.07) is 6.35. The number of halogens is 1. The van der Waals surface area contributed by atoms with Crippen molar-refractivity contribution >= 4 is 5.91 Å². The summed E-state index contributed by atoms with van der Waals surface area (Å²) in [5, 5.41) is 0. The van der Waals surface area contributed by atoms with E-state index in [1.165, 1.54) is 12.1 Å². The molecule has 4 heteroatoms. The van der Waals surface area contributed by atoms with Crippen molar-refractivity contribution in [1.29, 1.82) is 0 Å². The minimum absolute atomic E-state index is 0.146. The van der Waals surface area contributed by atoms with E-state index < -0.39 is 5.82 Å². The number of carbonyl (C=O) groups is 1. The van der Waals surface area contributed by atoms with Gasteiger partial charge in [0.05, 0.1) is 5.56 Å². The second-order valence-electron chi connectivity index (χ2n) is 4.35. The standard InChI is InChI=1S/C13H17FN2O/c14-12-7-2-1-6-11(12)13(17)16(9-8-15)10-4-3-5-10/h1-2,6-7,10H,3-5,8-9,15H2. The molecule has 0 aromatic heterocycles. The molecule has 1 aliphatic carbocycles. The van der Waals surface area contributed by atoms with Crippen molar-refractivity contribution in [1.82, 2.24) is 4.90 Å². The average Bonchev–Trinajstić information content (AvgIpc) is 2.26. The first-order chi connectivity index (χ1) is 8.24. The van der Waals surface area contributed by atoms with Crippen LogP contribution in [-0.4, -0.2) is 29.9 Å². The van der Waals surface area contributed by atoms with Gasteiger partial charge in [-0.05, 0) is 31.4 Å². The summed E-state index contributed by atoms with van der Waals surface area (Å²) in [5.41, 5.74) is 5.66. The van der Waals surface area contributed by atoms with Crippen molar-refractivity contribution in [3.05, 3.63) is 35.6 Å². The molecule has 1 aromatic carbocycles. The Morgan fingerprint density at radius 1 is 1.41 bits per heavy atom. The quantitative estimate of drug-likeness (QED) is 0.866. The van der Waals surface area contributed by atoms with Crippen molar-refractivity contribution in [2.75, 3.05) is 13.1 Å². The molecule has 1 amide bonds. The molecule has 1 aromatic rings. The molecule has 2 rings (SSSR count). The van der Waals surface area contributed by atoms with Gasteiger partial charge >= 0.3 is 0 Å². The molecule has 0 bridgehead atoms. The highest BCUT2D eigenvalue weighted by Gasteiger charge is 2.29.